The van der Waals surface area contributed by atoms with Crippen LogP contribution >= 0.6 is 24.0 Å². The zero-order valence-corrected chi connectivity index (χ0v) is 12.4. The van der Waals surface area contributed by atoms with Crippen molar-refractivity contribution >= 4 is 34.2 Å². The summed E-state index contributed by atoms with van der Waals surface area (Å²) >= 11 is 6.79. The number of nitrogens with one attached hydrogen (secondary N) is 1. The van der Waals surface area contributed by atoms with Gasteiger partial charge in [0.15, 0.2) is 0 Å². The lowest BCUT2D eigenvalue weighted by Gasteiger charge is -2.28. The highest BCUT2D eigenvalue weighted by atomic mass is 32.2. The van der Waals surface area contributed by atoms with Crippen molar-refractivity contribution < 1.29 is 9.21 Å². The molecule has 0 aromatic carbocycles. The number of piperidine rings is 1. The SMILES string of the molecule is O=C(CSC(=S)N1CCCCC1)NCc1ccco1. The highest BCUT2D eigenvalue weighted by Crippen LogP contribution is 2.15. The van der Waals surface area contributed by atoms with E-state index in [0.29, 0.717) is 12.3 Å². The number of likely N-dealkylation sites (tertiary alicyclic amines) is 1. The van der Waals surface area contributed by atoms with Gasteiger partial charge < -0.3 is 14.6 Å². The standard InChI is InChI=1S/C13H18N2O2S2/c16-12(14-9-11-5-4-8-17-11)10-19-13(18)15-6-2-1-3-7-15/h4-5,8H,1-3,6-7,9-10H2,(H,14,16). The van der Waals surface area contributed by atoms with Crippen LogP contribution in [0.1, 0.15) is 25.0 Å². The Labute approximate surface area is 122 Å². The van der Waals surface area contributed by atoms with Crippen molar-refractivity contribution in [3.05, 3.63) is 24.2 Å². The Morgan fingerprint density at radius 1 is 1.42 bits per heavy atom. The number of thiocarbonyl (C=S) groups is 1. The molecular weight excluding hydrogens is 280 g/mol. The molecule has 1 N–H and O–H groups in total. The lowest BCUT2D eigenvalue weighted by Crippen LogP contribution is -2.34. The molecule has 1 amide bonds. The molecule has 1 aliphatic rings. The summed E-state index contributed by atoms with van der Waals surface area (Å²) in [6, 6.07) is 3.65. The molecule has 1 aromatic rings. The Bertz CT molecular complexity index is 414. The number of furan rings is 1. The van der Waals surface area contributed by atoms with Crippen LogP contribution in [0.3, 0.4) is 0 Å². The lowest BCUT2D eigenvalue weighted by atomic mass is 10.1. The minimum Gasteiger partial charge on any atom is -0.467 e. The summed E-state index contributed by atoms with van der Waals surface area (Å²) in [5.74, 6) is 1.12. The Balaban J connectivity index is 1.64. The van der Waals surface area contributed by atoms with Gasteiger partial charge in [0.25, 0.3) is 0 Å². The molecule has 0 saturated carbocycles. The average molecular weight is 298 g/mol. The van der Waals surface area contributed by atoms with Crippen LogP contribution in [0, 0.1) is 0 Å². The van der Waals surface area contributed by atoms with Gasteiger partial charge in [0.1, 0.15) is 10.1 Å². The normalized spacial score (nSPS) is 15.3. The van der Waals surface area contributed by atoms with E-state index in [2.05, 4.69) is 10.2 Å². The van der Waals surface area contributed by atoms with E-state index < -0.39 is 0 Å². The van der Waals surface area contributed by atoms with Crippen molar-refractivity contribution in [3.8, 4) is 0 Å². The van der Waals surface area contributed by atoms with E-state index in [1.54, 1.807) is 6.26 Å². The van der Waals surface area contributed by atoms with Crippen LogP contribution < -0.4 is 5.32 Å². The van der Waals surface area contributed by atoms with Gasteiger partial charge in [-0.1, -0.05) is 24.0 Å². The molecule has 1 saturated heterocycles. The third-order valence-corrected chi connectivity index (χ3v) is 4.50. The first kappa shape index (κ1) is 14.4. The van der Waals surface area contributed by atoms with Crippen LogP contribution in [0.25, 0.3) is 0 Å². The van der Waals surface area contributed by atoms with Crippen LogP contribution in [-0.4, -0.2) is 34.0 Å². The number of amides is 1. The van der Waals surface area contributed by atoms with Gasteiger partial charge in [-0.05, 0) is 31.4 Å². The maximum atomic E-state index is 11.7. The van der Waals surface area contributed by atoms with Crippen molar-refractivity contribution in [3.63, 3.8) is 0 Å². The molecule has 1 aromatic heterocycles. The van der Waals surface area contributed by atoms with Crippen molar-refractivity contribution in [1.82, 2.24) is 10.2 Å². The van der Waals surface area contributed by atoms with Gasteiger partial charge >= 0.3 is 0 Å². The summed E-state index contributed by atoms with van der Waals surface area (Å²) in [6.45, 7) is 2.49. The van der Waals surface area contributed by atoms with Crippen LogP contribution in [0.15, 0.2) is 22.8 Å². The van der Waals surface area contributed by atoms with Crippen LogP contribution in [0.4, 0.5) is 0 Å². The molecule has 104 valence electrons. The van der Waals surface area contributed by atoms with Crippen molar-refractivity contribution in [1.29, 1.82) is 0 Å². The van der Waals surface area contributed by atoms with Crippen molar-refractivity contribution in [2.45, 2.75) is 25.8 Å². The zero-order valence-electron chi connectivity index (χ0n) is 10.8. The molecule has 6 heteroatoms. The van der Waals surface area contributed by atoms with E-state index in [4.69, 9.17) is 16.6 Å². The van der Waals surface area contributed by atoms with Crippen molar-refractivity contribution in [2.75, 3.05) is 18.8 Å². The molecule has 1 fully saturated rings. The summed E-state index contributed by atoms with van der Waals surface area (Å²) in [7, 11) is 0. The second kappa shape index (κ2) is 7.55. The van der Waals surface area contributed by atoms with Gasteiger partial charge in [-0.2, -0.15) is 0 Å². The lowest BCUT2D eigenvalue weighted by molar-refractivity contribution is -0.118. The van der Waals surface area contributed by atoms with Gasteiger partial charge in [0.05, 0.1) is 18.6 Å². The summed E-state index contributed by atoms with van der Waals surface area (Å²) in [5.41, 5.74) is 0. The van der Waals surface area contributed by atoms with Crippen LogP contribution in [0.5, 0.6) is 0 Å². The quantitative estimate of drug-likeness (QED) is 0.865. The maximum Gasteiger partial charge on any atom is 0.230 e. The number of hydrogen-bond donors (Lipinski definition) is 1. The second-order valence-electron chi connectivity index (χ2n) is 4.46. The average Bonchev–Trinajstić information content (AvgIpc) is 2.96. The van der Waals surface area contributed by atoms with E-state index in [1.807, 2.05) is 12.1 Å². The second-order valence-corrected chi connectivity index (χ2v) is 6.07. The highest BCUT2D eigenvalue weighted by Gasteiger charge is 2.14. The molecule has 0 unspecified atom stereocenters. The highest BCUT2D eigenvalue weighted by molar-refractivity contribution is 8.23. The van der Waals surface area contributed by atoms with Gasteiger partial charge in [-0.15, -0.1) is 0 Å². The first-order chi connectivity index (χ1) is 9.25. The fourth-order valence-corrected chi connectivity index (χ4v) is 3.03. The van der Waals surface area contributed by atoms with Gasteiger partial charge in [0, 0.05) is 13.1 Å². The molecule has 2 heterocycles. The smallest absolute Gasteiger partial charge is 0.230 e. The largest absolute Gasteiger partial charge is 0.467 e. The maximum absolute atomic E-state index is 11.7. The number of nitrogens with zero attached hydrogens (tertiary/aromatic N) is 1. The molecule has 0 spiro atoms. The summed E-state index contributed by atoms with van der Waals surface area (Å²) in [5, 5.41) is 2.81. The van der Waals surface area contributed by atoms with Crippen molar-refractivity contribution in [2.24, 2.45) is 0 Å². The summed E-state index contributed by atoms with van der Waals surface area (Å²) in [4.78, 5) is 13.9. The number of carbonyl (C=O) groups excluding carboxylic acids is 1. The molecule has 0 aliphatic carbocycles. The van der Waals surface area contributed by atoms with Gasteiger partial charge in [-0.25, -0.2) is 0 Å². The Morgan fingerprint density at radius 2 is 2.21 bits per heavy atom. The third-order valence-electron chi connectivity index (χ3n) is 2.98. The topological polar surface area (TPSA) is 45.5 Å². The summed E-state index contributed by atoms with van der Waals surface area (Å²) < 4.78 is 5.99. The number of carbonyl (C=O) groups is 1. The number of thioether (sulfide) groups is 1. The minimum absolute atomic E-state index is 0.0132. The van der Waals surface area contributed by atoms with E-state index >= 15 is 0 Å². The predicted molar refractivity (Wildman–Crippen MR) is 81.0 cm³/mol. The predicted octanol–water partition coefficient (Wildman–Crippen LogP) is 2.40. The molecular formula is C13H18N2O2S2. The van der Waals surface area contributed by atoms with E-state index in [0.717, 1.165) is 23.2 Å². The molecule has 0 atom stereocenters. The fourth-order valence-electron chi connectivity index (χ4n) is 1.94. The Kier molecular flexibility index (Phi) is 5.72. The third kappa shape index (κ3) is 4.87. The number of hydrogen-bond acceptors (Lipinski definition) is 4. The van der Waals surface area contributed by atoms with E-state index in [-0.39, 0.29) is 5.91 Å². The molecule has 4 nitrogen and oxygen atoms in total. The zero-order chi connectivity index (χ0) is 13.5. The monoisotopic (exact) mass is 298 g/mol. The van der Waals surface area contributed by atoms with E-state index in [9.17, 15) is 4.79 Å². The molecule has 19 heavy (non-hydrogen) atoms. The van der Waals surface area contributed by atoms with E-state index in [1.165, 1.54) is 31.0 Å². The first-order valence-electron chi connectivity index (χ1n) is 6.46. The molecule has 2 rings (SSSR count). The molecule has 0 radical (unpaired) electrons. The summed E-state index contributed by atoms with van der Waals surface area (Å²) in [6.07, 6.45) is 5.28. The van der Waals surface area contributed by atoms with Gasteiger partial charge in [-0.3, -0.25) is 4.79 Å². The Hall–Kier alpha value is -1.01. The number of rotatable bonds is 4. The van der Waals surface area contributed by atoms with Gasteiger partial charge in [0.2, 0.25) is 5.91 Å². The van der Waals surface area contributed by atoms with Crippen LogP contribution in [-0.2, 0) is 11.3 Å². The minimum atomic E-state index is -0.0132. The Morgan fingerprint density at radius 3 is 2.89 bits per heavy atom. The van der Waals surface area contributed by atoms with Crippen LogP contribution in [0.2, 0.25) is 0 Å². The fraction of sp³-hybridized carbons (Fsp3) is 0.538. The first-order valence-corrected chi connectivity index (χ1v) is 7.86. The molecule has 0 bridgehead atoms. The molecule has 1 aliphatic heterocycles.